The molecule has 2 rings (SSSR count). The van der Waals surface area contributed by atoms with Crippen molar-refractivity contribution in [1.29, 1.82) is 0 Å². The second-order valence-electron chi connectivity index (χ2n) is 4.61. The minimum absolute atomic E-state index is 0.476. The third-order valence-corrected chi connectivity index (χ3v) is 3.10. The van der Waals surface area contributed by atoms with Gasteiger partial charge < -0.3 is 19.5 Å². The third kappa shape index (κ3) is 5.04. The van der Waals surface area contributed by atoms with Crippen molar-refractivity contribution in [3.63, 3.8) is 0 Å². The Morgan fingerprint density at radius 2 is 2.26 bits per heavy atom. The zero-order valence-electron chi connectivity index (χ0n) is 11.4. The molecule has 1 N–H and O–H groups in total. The van der Waals surface area contributed by atoms with Crippen LogP contribution in [0.25, 0.3) is 0 Å². The fourth-order valence-corrected chi connectivity index (χ4v) is 2.06. The van der Waals surface area contributed by atoms with E-state index >= 15 is 0 Å². The van der Waals surface area contributed by atoms with Crippen LogP contribution < -0.4 is 10.1 Å². The Morgan fingerprint density at radius 1 is 1.32 bits per heavy atom. The number of hydrogen-bond acceptors (Lipinski definition) is 5. The van der Waals surface area contributed by atoms with E-state index in [4.69, 9.17) is 14.2 Å². The van der Waals surface area contributed by atoms with Crippen molar-refractivity contribution in [2.24, 2.45) is 0 Å². The molecule has 0 radical (unpaired) electrons. The number of methoxy groups -OCH3 is 1. The van der Waals surface area contributed by atoms with Crippen LogP contribution in [0.1, 0.15) is 19.3 Å². The molecule has 19 heavy (non-hydrogen) atoms. The highest BCUT2D eigenvalue weighted by molar-refractivity contribution is 5.42. The Balaban J connectivity index is 1.80. The zero-order chi connectivity index (χ0) is 13.3. The maximum absolute atomic E-state index is 5.45. The lowest BCUT2D eigenvalue weighted by molar-refractivity contribution is 0.143. The summed E-state index contributed by atoms with van der Waals surface area (Å²) in [4.78, 5) is 4.27. The molecule has 1 saturated heterocycles. The molecule has 0 aliphatic carbocycles. The van der Waals surface area contributed by atoms with Crippen LogP contribution in [0.2, 0.25) is 0 Å². The summed E-state index contributed by atoms with van der Waals surface area (Å²) in [7, 11) is 1.65. The molecule has 1 aliphatic rings. The van der Waals surface area contributed by atoms with Crippen molar-refractivity contribution in [3.8, 4) is 5.88 Å². The molecule has 0 spiro atoms. The number of rotatable bonds is 6. The van der Waals surface area contributed by atoms with E-state index in [9.17, 15) is 0 Å². The van der Waals surface area contributed by atoms with Crippen LogP contribution in [0, 0.1) is 0 Å². The summed E-state index contributed by atoms with van der Waals surface area (Å²) in [6, 6.07) is 4.36. The standard InChI is InChI=1S/C14H22N2O3/c1-17-9-10-19-14-5-4-13(11-15-14)16-12-3-2-7-18-8-6-12/h4-5,11-12,16H,2-3,6-10H2,1H3. The first kappa shape index (κ1) is 14.1. The number of anilines is 1. The maximum Gasteiger partial charge on any atom is 0.213 e. The van der Waals surface area contributed by atoms with E-state index in [1.165, 1.54) is 0 Å². The number of ether oxygens (including phenoxy) is 3. The van der Waals surface area contributed by atoms with Crippen molar-refractivity contribution < 1.29 is 14.2 Å². The summed E-state index contributed by atoms with van der Waals surface area (Å²) >= 11 is 0. The van der Waals surface area contributed by atoms with E-state index in [2.05, 4.69) is 10.3 Å². The SMILES string of the molecule is COCCOc1ccc(NC2CCCOCC2)cn1. The van der Waals surface area contributed by atoms with Gasteiger partial charge in [-0.15, -0.1) is 0 Å². The van der Waals surface area contributed by atoms with Crippen molar-refractivity contribution in [3.05, 3.63) is 18.3 Å². The normalized spacial score (nSPS) is 19.7. The Labute approximate surface area is 114 Å². The molecule has 0 amide bonds. The van der Waals surface area contributed by atoms with Crippen molar-refractivity contribution in [2.75, 3.05) is 38.9 Å². The summed E-state index contributed by atoms with van der Waals surface area (Å²) in [5, 5.41) is 3.49. The van der Waals surface area contributed by atoms with Gasteiger partial charge >= 0.3 is 0 Å². The van der Waals surface area contributed by atoms with Gasteiger partial charge in [0.1, 0.15) is 6.61 Å². The van der Waals surface area contributed by atoms with E-state index in [0.29, 0.717) is 25.1 Å². The van der Waals surface area contributed by atoms with Crippen molar-refractivity contribution >= 4 is 5.69 Å². The van der Waals surface area contributed by atoms with Crippen LogP contribution in [0.5, 0.6) is 5.88 Å². The molecule has 1 aliphatic heterocycles. The summed E-state index contributed by atoms with van der Waals surface area (Å²) < 4.78 is 15.8. The molecular weight excluding hydrogens is 244 g/mol. The predicted octanol–water partition coefficient (Wildman–Crippen LogP) is 2.09. The van der Waals surface area contributed by atoms with Crippen LogP contribution in [0.15, 0.2) is 18.3 Å². The molecular formula is C14H22N2O3. The van der Waals surface area contributed by atoms with Crippen LogP contribution in [-0.2, 0) is 9.47 Å². The largest absolute Gasteiger partial charge is 0.475 e. The Hall–Kier alpha value is -1.33. The molecule has 0 bridgehead atoms. The average molecular weight is 266 g/mol. The summed E-state index contributed by atoms with van der Waals surface area (Å²) in [6.45, 7) is 2.81. The number of hydrogen-bond donors (Lipinski definition) is 1. The van der Waals surface area contributed by atoms with Gasteiger partial charge in [-0.2, -0.15) is 0 Å². The zero-order valence-corrected chi connectivity index (χ0v) is 11.4. The van der Waals surface area contributed by atoms with Crippen molar-refractivity contribution in [1.82, 2.24) is 4.98 Å². The Morgan fingerprint density at radius 3 is 3.05 bits per heavy atom. The molecule has 1 fully saturated rings. The van der Waals surface area contributed by atoms with Crippen molar-refractivity contribution in [2.45, 2.75) is 25.3 Å². The van der Waals surface area contributed by atoms with Gasteiger partial charge in [-0.25, -0.2) is 4.98 Å². The molecule has 106 valence electrons. The number of nitrogens with one attached hydrogen (secondary N) is 1. The van der Waals surface area contributed by atoms with Crippen LogP contribution in [0.4, 0.5) is 5.69 Å². The maximum atomic E-state index is 5.45. The van der Waals surface area contributed by atoms with Gasteiger partial charge in [0.25, 0.3) is 0 Å². The first-order valence-corrected chi connectivity index (χ1v) is 6.80. The fourth-order valence-electron chi connectivity index (χ4n) is 2.06. The topological polar surface area (TPSA) is 52.6 Å². The highest BCUT2D eigenvalue weighted by atomic mass is 16.5. The van der Waals surface area contributed by atoms with Gasteiger partial charge in [0.15, 0.2) is 0 Å². The second kappa shape index (κ2) is 7.96. The molecule has 2 heterocycles. The van der Waals surface area contributed by atoms with Gasteiger partial charge in [0.2, 0.25) is 5.88 Å². The van der Waals surface area contributed by atoms with E-state index in [-0.39, 0.29) is 0 Å². The molecule has 1 atom stereocenters. The van der Waals surface area contributed by atoms with Gasteiger partial charge in [0, 0.05) is 32.4 Å². The van der Waals surface area contributed by atoms with Gasteiger partial charge in [-0.1, -0.05) is 0 Å². The average Bonchev–Trinajstić information content (AvgIpc) is 2.70. The third-order valence-electron chi connectivity index (χ3n) is 3.10. The van der Waals surface area contributed by atoms with Crippen LogP contribution in [0.3, 0.4) is 0 Å². The molecule has 5 nitrogen and oxygen atoms in total. The van der Waals surface area contributed by atoms with Gasteiger partial charge in [-0.05, 0) is 25.3 Å². The minimum Gasteiger partial charge on any atom is -0.475 e. The highest BCUT2D eigenvalue weighted by Gasteiger charge is 2.12. The lowest BCUT2D eigenvalue weighted by atomic mass is 10.1. The number of aromatic nitrogens is 1. The Bertz CT molecular complexity index is 348. The van der Waals surface area contributed by atoms with E-state index in [1.54, 1.807) is 7.11 Å². The van der Waals surface area contributed by atoms with E-state index in [0.717, 1.165) is 38.2 Å². The van der Waals surface area contributed by atoms with Gasteiger partial charge in [-0.3, -0.25) is 0 Å². The first-order chi connectivity index (χ1) is 9.38. The lowest BCUT2D eigenvalue weighted by Crippen LogP contribution is -2.19. The summed E-state index contributed by atoms with van der Waals surface area (Å²) in [5.41, 5.74) is 1.03. The molecule has 1 unspecified atom stereocenters. The summed E-state index contributed by atoms with van der Waals surface area (Å²) in [6.07, 6.45) is 5.12. The number of pyridine rings is 1. The van der Waals surface area contributed by atoms with Crippen LogP contribution >= 0.6 is 0 Å². The molecule has 5 heteroatoms. The quantitative estimate of drug-likeness (QED) is 0.799. The van der Waals surface area contributed by atoms with E-state index in [1.807, 2.05) is 18.3 Å². The smallest absolute Gasteiger partial charge is 0.213 e. The predicted molar refractivity (Wildman–Crippen MR) is 73.7 cm³/mol. The Kier molecular flexibility index (Phi) is 5.91. The minimum atomic E-state index is 0.476. The highest BCUT2D eigenvalue weighted by Crippen LogP contribution is 2.17. The molecule has 0 aromatic carbocycles. The monoisotopic (exact) mass is 266 g/mol. The molecule has 0 saturated carbocycles. The second-order valence-corrected chi connectivity index (χ2v) is 4.61. The fraction of sp³-hybridized carbons (Fsp3) is 0.643. The van der Waals surface area contributed by atoms with E-state index < -0.39 is 0 Å². The molecule has 1 aromatic heterocycles. The van der Waals surface area contributed by atoms with Gasteiger partial charge in [0.05, 0.1) is 18.5 Å². The molecule has 1 aromatic rings. The number of nitrogens with zero attached hydrogens (tertiary/aromatic N) is 1. The first-order valence-electron chi connectivity index (χ1n) is 6.80. The summed E-state index contributed by atoms with van der Waals surface area (Å²) in [5.74, 6) is 0.631. The lowest BCUT2D eigenvalue weighted by Gasteiger charge is -2.16. The van der Waals surface area contributed by atoms with Crippen LogP contribution in [-0.4, -0.2) is 44.6 Å².